The minimum absolute atomic E-state index is 0. The number of anilines is 1. The van der Waals surface area contributed by atoms with E-state index in [4.69, 9.17) is 0 Å². The molecule has 1 aromatic carbocycles. The molecule has 4 heteroatoms. The van der Waals surface area contributed by atoms with Crippen LogP contribution in [0.15, 0.2) is 48.8 Å². The van der Waals surface area contributed by atoms with Crippen molar-refractivity contribution in [1.82, 2.24) is 0 Å². The highest BCUT2D eigenvalue weighted by molar-refractivity contribution is 7.80. The summed E-state index contributed by atoms with van der Waals surface area (Å²) < 4.78 is 2.04. The number of hydrogen-bond donors (Lipinski definition) is 1. The van der Waals surface area contributed by atoms with Crippen LogP contribution in [-0.4, -0.2) is 19.3 Å². The molecule has 0 aliphatic rings. The van der Waals surface area contributed by atoms with Gasteiger partial charge in [-0.3, -0.25) is 0 Å². The Morgan fingerprint density at radius 1 is 0.957 bits per heavy atom. The normalized spacial score (nSPS) is 10.6. The maximum Gasteiger partial charge on any atom is 0.169 e. The molecule has 0 fully saturated rings. The summed E-state index contributed by atoms with van der Waals surface area (Å²) >= 11 is 4.26. The number of benzene rings is 1. The van der Waals surface area contributed by atoms with E-state index in [0.29, 0.717) is 0 Å². The number of rotatable bonds is 7. The molecule has 0 amide bonds. The maximum absolute atomic E-state index is 4.26. The van der Waals surface area contributed by atoms with Crippen LogP contribution >= 0.6 is 12.6 Å². The van der Waals surface area contributed by atoms with Gasteiger partial charge in [-0.25, -0.2) is 4.57 Å². The van der Waals surface area contributed by atoms with Gasteiger partial charge in [-0.15, -0.1) is 0 Å². The first kappa shape index (κ1) is 20.0. The lowest BCUT2D eigenvalue weighted by molar-refractivity contribution is -0.671. The maximum atomic E-state index is 4.26. The molecule has 0 bridgehead atoms. The predicted molar refractivity (Wildman–Crippen MR) is 99.3 cm³/mol. The van der Waals surface area contributed by atoms with Crippen molar-refractivity contribution in [2.24, 2.45) is 7.05 Å². The van der Waals surface area contributed by atoms with Gasteiger partial charge in [-0.1, -0.05) is 24.3 Å². The van der Waals surface area contributed by atoms with Crippen LogP contribution in [0, 0.1) is 0 Å². The number of nitrogens with zero attached hydrogens (tertiary/aromatic N) is 2. The van der Waals surface area contributed by atoms with Crippen molar-refractivity contribution < 1.29 is 28.5 Å². The van der Waals surface area contributed by atoms with Gasteiger partial charge in [0.1, 0.15) is 7.05 Å². The Kier molecular flexibility index (Phi) is 9.33. The van der Waals surface area contributed by atoms with Crippen molar-refractivity contribution >= 4 is 30.5 Å². The van der Waals surface area contributed by atoms with Gasteiger partial charge in [0.2, 0.25) is 0 Å². The first-order valence-corrected chi connectivity index (χ1v) is 8.38. The van der Waals surface area contributed by atoms with Crippen molar-refractivity contribution in [3.8, 4) is 0 Å². The summed E-state index contributed by atoms with van der Waals surface area (Å²) in [5.41, 5.74) is 3.70. The molecule has 0 radical (unpaired) electrons. The van der Waals surface area contributed by atoms with E-state index in [2.05, 4.69) is 85.5 Å². The number of unbranched alkanes of at least 4 members (excludes halogenated alkanes) is 1. The minimum atomic E-state index is 0. The van der Waals surface area contributed by atoms with E-state index in [0.717, 1.165) is 12.3 Å². The zero-order valence-electron chi connectivity index (χ0n) is 13.8. The van der Waals surface area contributed by atoms with Gasteiger partial charge >= 0.3 is 0 Å². The second-order valence-electron chi connectivity index (χ2n) is 5.57. The van der Waals surface area contributed by atoms with E-state index in [1.54, 1.807) is 0 Å². The molecule has 124 valence electrons. The molecule has 0 spiro atoms. The van der Waals surface area contributed by atoms with Crippen molar-refractivity contribution in [3.05, 3.63) is 59.9 Å². The highest BCUT2D eigenvalue weighted by Crippen LogP contribution is 2.16. The Hall–Kier alpha value is -1.01. The Morgan fingerprint density at radius 2 is 1.52 bits per heavy atom. The second-order valence-corrected chi connectivity index (χ2v) is 6.02. The number of pyridine rings is 1. The number of halogens is 1. The van der Waals surface area contributed by atoms with E-state index >= 15 is 0 Å². The molecule has 2 rings (SSSR count). The average molecular weight is 440 g/mol. The monoisotopic (exact) mass is 440 g/mol. The van der Waals surface area contributed by atoms with Crippen LogP contribution in [0.5, 0.6) is 0 Å². The van der Waals surface area contributed by atoms with Gasteiger partial charge in [0.25, 0.3) is 0 Å². The molecule has 0 aliphatic heterocycles. The van der Waals surface area contributed by atoms with E-state index in [1.807, 2.05) is 11.6 Å². The molecule has 0 atom stereocenters. The van der Waals surface area contributed by atoms with Gasteiger partial charge in [0.05, 0.1) is 0 Å². The zero-order chi connectivity index (χ0) is 15.8. The van der Waals surface area contributed by atoms with Crippen LogP contribution in [0.2, 0.25) is 0 Å². The number of hydrogen-bond acceptors (Lipinski definition) is 2. The van der Waals surface area contributed by atoms with Crippen LogP contribution in [0.4, 0.5) is 5.69 Å². The molecule has 2 nitrogen and oxygen atoms in total. The van der Waals surface area contributed by atoms with Crippen LogP contribution in [-0.2, 0) is 7.05 Å². The van der Waals surface area contributed by atoms with Crippen LogP contribution in [0.3, 0.4) is 0 Å². The zero-order valence-corrected chi connectivity index (χ0v) is 16.9. The van der Waals surface area contributed by atoms with Crippen molar-refractivity contribution in [3.63, 3.8) is 0 Å². The molecule has 1 aromatic heterocycles. The summed E-state index contributed by atoms with van der Waals surface area (Å²) in [4.78, 5) is 2.30. The first-order chi connectivity index (χ1) is 10.7. The van der Waals surface area contributed by atoms with E-state index in [1.165, 1.54) is 29.7 Å². The van der Waals surface area contributed by atoms with Gasteiger partial charge in [-0.2, -0.15) is 12.6 Å². The molecule has 0 saturated carbocycles. The lowest BCUT2D eigenvalue weighted by Crippen LogP contribution is -3.00. The smallest absolute Gasteiger partial charge is 0.169 e. The number of aromatic nitrogens is 1. The third-order valence-electron chi connectivity index (χ3n) is 3.71. The summed E-state index contributed by atoms with van der Waals surface area (Å²) in [6.07, 6.45) is 10.8. The van der Waals surface area contributed by atoms with Crippen molar-refractivity contribution in [2.45, 2.75) is 12.8 Å². The summed E-state index contributed by atoms with van der Waals surface area (Å²) in [6.45, 7) is 1.08. The van der Waals surface area contributed by atoms with Gasteiger partial charge in [0, 0.05) is 31.4 Å². The number of thiol groups is 1. The molecular formula is C19H25IN2S. The summed E-state index contributed by atoms with van der Waals surface area (Å²) in [6, 6.07) is 12.9. The van der Waals surface area contributed by atoms with E-state index < -0.39 is 0 Å². The Balaban J connectivity index is 0.00000264. The van der Waals surface area contributed by atoms with Crippen molar-refractivity contribution in [1.29, 1.82) is 0 Å². The quantitative estimate of drug-likeness (QED) is 0.290. The largest absolute Gasteiger partial charge is 1.00 e. The van der Waals surface area contributed by atoms with Crippen LogP contribution in [0.1, 0.15) is 24.0 Å². The lowest BCUT2D eigenvalue weighted by Gasteiger charge is -2.19. The van der Waals surface area contributed by atoms with Gasteiger partial charge in [-0.05, 0) is 41.9 Å². The average Bonchev–Trinajstić information content (AvgIpc) is 2.55. The fourth-order valence-electron chi connectivity index (χ4n) is 2.25. The van der Waals surface area contributed by atoms with Crippen LogP contribution < -0.4 is 33.4 Å². The highest BCUT2D eigenvalue weighted by atomic mass is 127. The molecule has 23 heavy (non-hydrogen) atoms. The standard InChI is InChI=1S/C19H24N2S.HI/c1-20-14-11-18(12-15-20)6-5-17-7-9-19(10-8-17)21(2)13-3-4-16-22;/h5-12,14-15H,3-4,13,16H2,1-2H3;1H. The minimum Gasteiger partial charge on any atom is -1.00 e. The predicted octanol–water partition coefficient (Wildman–Crippen LogP) is 0.832. The summed E-state index contributed by atoms with van der Waals surface area (Å²) in [5, 5.41) is 0. The van der Waals surface area contributed by atoms with Gasteiger partial charge in [0.15, 0.2) is 12.4 Å². The van der Waals surface area contributed by atoms with E-state index in [-0.39, 0.29) is 24.0 Å². The summed E-state index contributed by atoms with van der Waals surface area (Å²) in [7, 11) is 4.17. The third kappa shape index (κ3) is 6.96. The molecule has 0 saturated heterocycles. The Labute approximate surface area is 162 Å². The molecule has 0 N–H and O–H groups in total. The Bertz CT molecular complexity index is 594. The van der Waals surface area contributed by atoms with Crippen molar-refractivity contribution in [2.75, 3.05) is 24.2 Å². The highest BCUT2D eigenvalue weighted by Gasteiger charge is 2.00. The molecule has 0 aliphatic carbocycles. The summed E-state index contributed by atoms with van der Waals surface area (Å²) in [5.74, 6) is 0.967. The Morgan fingerprint density at radius 3 is 2.09 bits per heavy atom. The molecule has 0 unspecified atom stereocenters. The fourth-order valence-corrected chi connectivity index (χ4v) is 2.47. The second kappa shape index (κ2) is 10.7. The SMILES string of the molecule is CN(CCCCS)c1ccc(/C=C/c2cc[n+](C)cc2)cc1.[I-]. The van der Waals surface area contributed by atoms with Crippen LogP contribution in [0.25, 0.3) is 12.2 Å². The lowest BCUT2D eigenvalue weighted by atomic mass is 10.1. The molecular weight excluding hydrogens is 415 g/mol. The molecule has 1 heterocycles. The van der Waals surface area contributed by atoms with E-state index in [9.17, 15) is 0 Å². The fraction of sp³-hybridized carbons (Fsp3) is 0.316. The third-order valence-corrected chi connectivity index (χ3v) is 4.02. The van der Waals surface area contributed by atoms with Gasteiger partial charge < -0.3 is 28.9 Å². The number of aryl methyl sites for hydroxylation is 1. The topological polar surface area (TPSA) is 7.12 Å². The molecule has 2 aromatic rings. The first-order valence-electron chi connectivity index (χ1n) is 7.74.